The van der Waals surface area contributed by atoms with Gasteiger partial charge in [-0.3, -0.25) is 0 Å². The zero-order valence-electron chi connectivity index (χ0n) is 16.5. The van der Waals surface area contributed by atoms with Gasteiger partial charge in [0.25, 0.3) is 0 Å². The van der Waals surface area contributed by atoms with E-state index in [1.165, 1.54) is 26.0 Å². The Balaban J connectivity index is 2.23. The summed E-state index contributed by atoms with van der Waals surface area (Å²) < 4.78 is 33.1. The lowest BCUT2D eigenvalue weighted by Crippen LogP contribution is -2.32. The van der Waals surface area contributed by atoms with Gasteiger partial charge in [0.05, 0.1) is 12.3 Å². The third kappa shape index (κ3) is 7.14. The maximum absolute atomic E-state index is 14.3. The van der Waals surface area contributed by atoms with Gasteiger partial charge in [-0.05, 0) is 62.1 Å². The van der Waals surface area contributed by atoms with Gasteiger partial charge in [0.2, 0.25) is 5.88 Å². The number of nitrogens with zero attached hydrogens (tertiary/aromatic N) is 1. The molecule has 29 heavy (non-hydrogen) atoms. The van der Waals surface area contributed by atoms with E-state index < -0.39 is 17.5 Å². The van der Waals surface area contributed by atoms with Gasteiger partial charge >= 0.3 is 6.03 Å². The highest BCUT2D eigenvalue weighted by Gasteiger charge is 2.16. The van der Waals surface area contributed by atoms with Crippen molar-refractivity contribution in [3.8, 4) is 17.0 Å². The summed E-state index contributed by atoms with van der Waals surface area (Å²) in [5.41, 5.74) is 0.394. The quantitative estimate of drug-likeness (QED) is 0.542. The molecule has 0 atom stereocenters. The molecule has 0 saturated carbocycles. The number of aliphatic hydroxyl groups is 1. The number of aliphatic hydroxyl groups excluding tert-OH is 1. The lowest BCUT2D eigenvalue weighted by Gasteiger charge is -2.16. The van der Waals surface area contributed by atoms with Crippen LogP contribution in [0.4, 0.5) is 19.3 Å². The molecular weight excluding hydrogens is 404 g/mol. The van der Waals surface area contributed by atoms with Crippen LogP contribution in [-0.2, 0) is 0 Å². The second-order valence-corrected chi connectivity index (χ2v) is 7.47. The van der Waals surface area contributed by atoms with Crippen molar-refractivity contribution in [2.45, 2.75) is 32.9 Å². The summed E-state index contributed by atoms with van der Waals surface area (Å²) in [5.74, 6) is -0.393. The number of urea groups is 1. The second kappa shape index (κ2) is 9.84. The van der Waals surface area contributed by atoms with Crippen molar-refractivity contribution >= 4 is 23.3 Å². The largest absolute Gasteiger partial charge is 0.475 e. The molecule has 9 heteroatoms. The van der Waals surface area contributed by atoms with Gasteiger partial charge in [-0.25, -0.2) is 18.6 Å². The average Bonchev–Trinajstić information content (AvgIpc) is 2.60. The molecule has 1 aromatic carbocycles. The SMILES string of the molecule is Cc1cc(F)c(NC(=O)NCCC(C)(C)F)cc1-c1cc(Cl)nc(OCCO)c1. The minimum Gasteiger partial charge on any atom is -0.475 e. The Hall–Kier alpha value is -2.45. The lowest BCUT2D eigenvalue weighted by atomic mass is 10.0. The molecule has 0 aliphatic heterocycles. The molecule has 1 heterocycles. The van der Waals surface area contributed by atoms with E-state index in [2.05, 4.69) is 15.6 Å². The second-order valence-electron chi connectivity index (χ2n) is 7.09. The van der Waals surface area contributed by atoms with Gasteiger partial charge in [0.15, 0.2) is 0 Å². The normalized spacial score (nSPS) is 11.3. The van der Waals surface area contributed by atoms with Gasteiger partial charge in [0, 0.05) is 12.6 Å². The van der Waals surface area contributed by atoms with Gasteiger partial charge in [-0.2, -0.15) is 0 Å². The number of aromatic nitrogens is 1. The smallest absolute Gasteiger partial charge is 0.319 e. The van der Waals surface area contributed by atoms with Crippen molar-refractivity contribution in [2.24, 2.45) is 0 Å². The van der Waals surface area contributed by atoms with Crippen LogP contribution in [0.15, 0.2) is 24.3 Å². The molecule has 2 amide bonds. The van der Waals surface area contributed by atoms with Crippen molar-refractivity contribution in [3.63, 3.8) is 0 Å². The molecule has 0 fully saturated rings. The predicted octanol–water partition coefficient (Wildman–Crippen LogP) is 4.48. The van der Waals surface area contributed by atoms with Crippen LogP contribution in [0.2, 0.25) is 5.15 Å². The molecule has 0 bridgehead atoms. The monoisotopic (exact) mass is 427 g/mol. The van der Waals surface area contributed by atoms with Crippen LogP contribution in [0.25, 0.3) is 11.1 Å². The Morgan fingerprint density at radius 1 is 1.31 bits per heavy atom. The molecule has 6 nitrogen and oxygen atoms in total. The first-order valence-electron chi connectivity index (χ1n) is 9.04. The third-order valence-corrected chi connectivity index (χ3v) is 4.18. The molecule has 3 N–H and O–H groups in total. The molecule has 0 aliphatic rings. The highest BCUT2D eigenvalue weighted by molar-refractivity contribution is 6.29. The molecule has 0 aliphatic carbocycles. The number of benzene rings is 1. The summed E-state index contributed by atoms with van der Waals surface area (Å²) in [6, 6.07) is 5.32. The van der Waals surface area contributed by atoms with Crippen LogP contribution in [-0.4, -0.2) is 41.5 Å². The fraction of sp³-hybridized carbons (Fsp3) is 0.400. The predicted molar refractivity (Wildman–Crippen MR) is 109 cm³/mol. The van der Waals surface area contributed by atoms with E-state index in [1.807, 2.05) is 0 Å². The fourth-order valence-corrected chi connectivity index (χ4v) is 2.77. The van der Waals surface area contributed by atoms with Gasteiger partial charge in [-0.1, -0.05) is 11.6 Å². The summed E-state index contributed by atoms with van der Waals surface area (Å²) in [7, 11) is 0. The Labute approximate surface area is 173 Å². The minimum absolute atomic E-state index is 0.0339. The molecule has 2 aromatic rings. The van der Waals surface area contributed by atoms with E-state index >= 15 is 0 Å². The number of alkyl halides is 1. The first-order chi connectivity index (χ1) is 13.6. The first-order valence-corrected chi connectivity index (χ1v) is 9.42. The van der Waals surface area contributed by atoms with Crippen molar-refractivity contribution in [2.75, 3.05) is 25.1 Å². The number of halogens is 3. The number of amides is 2. The minimum atomic E-state index is -1.41. The van der Waals surface area contributed by atoms with Crippen LogP contribution in [0.5, 0.6) is 5.88 Å². The number of rotatable bonds is 8. The number of ether oxygens (including phenoxy) is 1. The van der Waals surface area contributed by atoms with E-state index in [0.29, 0.717) is 16.7 Å². The van der Waals surface area contributed by atoms with Crippen LogP contribution in [0.1, 0.15) is 25.8 Å². The maximum Gasteiger partial charge on any atom is 0.319 e. The molecule has 1 aromatic heterocycles. The van der Waals surface area contributed by atoms with Crippen LogP contribution >= 0.6 is 11.6 Å². The molecule has 2 rings (SSSR count). The Morgan fingerprint density at radius 3 is 2.69 bits per heavy atom. The summed E-state index contributed by atoms with van der Waals surface area (Å²) in [4.78, 5) is 16.0. The Morgan fingerprint density at radius 2 is 2.03 bits per heavy atom. The highest BCUT2D eigenvalue weighted by atomic mass is 35.5. The van der Waals surface area contributed by atoms with Crippen molar-refractivity contribution in [3.05, 3.63) is 40.8 Å². The van der Waals surface area contributed by atoms with Gasteiger partial charge in [-0.15, -0.1) is 0 Å². The average molecular weight is 428 g/mol. The highest BCUT2D eigenvalue weighted by Crippen LogP contribution is 2.32. The standard InChI is InChI=1S/C20H24ClF2N3O3/c1-12-8-15(22)16(25-19(28)24-5-4-20(2,3)23)11-14(12)13-9-17(21)26-18(10-13)29-7-6-27/h8-11,27H,4-7H2,1-3H3,(H2,24,25,28). The number of carbonyl (C=O) groups is 1. The zero-order valence-corrected chi connectivity index (χ0v) is 17.2. The summed E-state index contributed by atoms with van der Waals surface area (Å²) in [6.07, 6.45) is 0.133. The summed E-state index contributed by atoms with van der Waals surface area (Å²) in [5, 5.41) is 14.0. The van der Waals surface area contributed by atoms with E-state index in [9.17, 15) is 13.6 Å². The summed E-state index contributed by atoms with van der Waals surface area (Å²) in [6.45, 7) is 4.53. The Kier molecular flexibility index (Phi) is 7.75. The van der Waals surface area contributed by atoms with E-state index in [4.69, 9.17) is 21.4 Å². The van der Waals surface area contributed by atoms with E-state index in [0.717, 1.165) is 0 Å². The third-order valence-electron chi connectivity index (χ3n) is 3.99. The number of pyridine rings is 1. The topological polar surface area (TPSA) is 83.5 Å². The van der Waals surface area contributed by atoms with Crippen LogP contribution < -0.4 is 15.4 Å². The molecule has 0 spiro atoms. The van der Waals surface area contributed by atoms with Gasteiger partial charge in [0.1, 0.15) is 23.2 Å². The first kappa shape index (κ1) is 22.8. The molecular formula is C20H24ClF2N3O3. The molecule has 0 unspecified atom stereocenters. The van der Waals surface area contributed by atoms with E-state index in [-0.39, 0.29) is 42.9 Å². The van der Waals surface area contributed by atoms with Crippen molar-refractivity contribution < 1.29 is 23.4 Å². The van der Waals surface area contributed by atoms with Crippen molar-refractivity contribution in [1.29, 1.82) is 0 Å². The number of hydrogen-bond acceptors (Lipinski definition) is 4. The zero-order chi connectivity index (χ0) is 21.6. The lowest BCUT2D eigenvalue weighted by molar-refractivity contribution is 0.197. The Bertz CT molecular complexity index is 873. The number of carbonyl (C=O) groups excluding carboxylic acids is 1. The fourth-order valence-electron chi connectivity index (χ4n) is 2.57. The summed E-state index contributed by atoms with van der Waals surface area (Å²) >= 11 is 6.04. The molecule has 0 saturated heterocycles. The number of nitrogens with one attached hydrogen (secondary N) is 2. The molecule has 0 radical (unpaired) electrons. The van der Waals surface area contributed by atoms with Crippen molar-refractivity contribution in [1.82, 2.24) is 10.3 Å². The number of aryl methyl sites for hydroxylation is 1. The number of hydrogen-bond donors (Lipinski definition) is 3. The van der Waals surface area contributed by atoms with Gasteiger partial charge < -0.3 is 20.5 Å². The van der Waals surface area contributed by atoms with E-state index in [1.54, 1.807) is 19.1 Å². The number of anilines is 1. The molecule has 158 valence electrons. The van der Waals surface area contributed by atoms with Crippen LogP contribution in [0, 0.1) is 12.7 Å². The van der Waals surface area contributed by atoms with Crippen LogP contribution in [0.3, 0.4) is 0 Å². The maximum atomic E-state index is 14.3.